The van der Waals surface area contributed by atoms with Gasteiger partial charge in [-0.3, -0.25) is 9.78 Å². The number of aliphatic hydroxyl groups is 1. The quantitative estimate of drug-likeness (QED) is 0.782. The summed E-state index contributed by atoms with van der Waals surface area (Å²) in [5.41, 5.74) is 0.800. The summed E-state index contributed by atoms with van der Waals surface area (Å²) < 4.78 is 0. The Morgan fingerprint density at radius 3 is 2.95 bits per heavy atom. The van der Waals surface area contributed by atoms with Gasteiger partial charge in [-0.15, -0.1) is 10.2 Å². The molecule has 1 fully saturated rings. The molecule has 8 nitrogen and oxygen atoms in total. The third kappa shape index (κ3) is 3.22. The van der Waals surface area contributed by atoms with Gasteiger partial charge in [-0.05, 0) is 36.1 Å². The van der Waals surface area contributed by atoms with E-state index in [1.54, 1.807) is 6.20 Å². The number of rotatable bonds is 5. The van der Waals surface area contributed by atoms with Crippen LogP contribution in [-0.2, 0) is 11.3 Å². The Morgan fingerprint density at radius 1 is 1.48 bits per heavy atom. The number of carbonyl (C=O) groups is 1. The van der Waals surface area contributed by atoms with Crippen LogP contribution in [0.5, 0.6) is 0 Å². The number of pyridine rings is 1. The van der Waals surface area contributed by atoms with E-state index in [0.717, 1.165) is 5.69 Å². The van der Waals surface area contributed by atoms with Crippen molar-refractivity contribution in [2.75, 3.05) is 0 Å². The Hall–Kier alpha value is -2.35. The van der Waals surface area contributed by atoms with Crippen molar-refractivity contribution >= 4 is 5.91 Å². The number of hydrogen-bond donors (Lipinski definition) is 2. The number of amides is 1. The van der Waals surface area contributed by atoms with Crippen LogP contribution in [0.4, 0.5) is 0 Å². The van der Waals surface area contributed by atoms with Crippen molar-refractivity contribution in [1.29, 1.82) is 0 Å². The predicted octanol–water partition coefficient (Wildman–Crippen LogP) is -0.304. The molecule has 2 aromatic rings. The fraction of sp³-hybridized carbons (Fsp3) is 0.462. The van der Waals surface area contributed by atoms with E-state index in [-0.39, 0.29) is 30.5 Å². The van der Waals surface area contributed by atoms with Gasteiger partial charge in [0.15, 0.2) is 6.33 Å². The molecule has 0 radical (unpaired) electrons. The lowest BCUT2D eigenvalue weighted by Gasteiger charge is -2.37. The summed E-state index contributed by atoms with van der Waals surface area (Å²) in [5.74, 6) is -0.00685. The smallest absolute Gasteiger partial charge is 0.244 e. The summed E-state index contributed by atoms with van der Waals surface area (Å²) in [6, 6.07) is 5.39. The van der Waals surface area contributed by atoms with Crippen LogP contribution >= 0.6 is 0 Å². The number of nitrogens with zero attached hydrogens (tertiary/aromatic N) is 5. The third-order valence-electron chi connectivity index (χ3n) is 3.62. The lowest BCUT2D eigenvalue weighted by atomic mass is 9.76. The molecule has 1 atom stereocenters. The van der Waals surface area contributed by atoms with Gasteiger partial charge in [0.25, 0.3) is 0 Å². The average Bonchev–Trinajstić information content (AvgIpc) is 2.95. The summed E-state index contributed by atoms with van der Waals surface area (Å²) in [5, 5.41) is 23.5. The van der Waals surface area contributed by atoms with Gasteiger partial charge in [-0.25, -0.2) is 0 Å². The van der Waals surface area contributed by atoms with Gasteiger partial charge in [0, 0.05) is 6.20 Å². The van der Waals surface area contributed by atoms with E-state index in [9.17, 15) is 9.90 Å². The molecule has 0 saturated heterocycles. The Kier molecular flexibility index (Phi) is 3.87. The van der Waals surface area contributed by atoms with E-state index in [0.29, 0.717) is 12.8 Å². The Morgan fingerprint density at radius 2 is 2.33 bits per heavy atom. The van der Waals surface area contributed by atoms with Crippen molar-refractivity contribution in [2.24, 2.45) is 5.92 Å². The molecule has 0 aliphatic heterocycles. The zero-order valence-corrected chi connectivity index (χ0v) is 11.3. The molecular weight excluding hydrogens is 272 g/mol. The molecule has 0 bridgehead atoms. The molecular formula is C13H16N6O2. The first-order valence-corrected chi connectivity index (χ1v) is 6.81. The maximum absolute atomic E-state index is 12.1. The molecule has 1 amide bonds. The second kappa shape index (κ2) is 5.96. The minimum Gasteiger partial charge on any atom is -0.393 e. The molecule has 0 spiro atoms. The molecule has 21 heavy (non-hydrogen) atoms. The number of hydrogen-bond acceptors (Lipinski definition) is 6. The van der Waals surface area contributed by atoms with Crippen LogP contribution in [0.25, 0.3) is 0 Å². The van der Waals surface area contributed by atoms with Gasteiger partial charge in [0.05, 0.1) is 17.8 Å². The number of aromatic nitrogens is 5. The Labute approximate surface area is 121 Å². The zero-order valence-electron chi connectivity index (χ0n) is 11.3. The van der Waals surface area contributed by atoms with E-state index < -0.39 is 0 Å². The van der Waals surface area contributed by atoms with Crippen LogP contribution in [0.2, 0.25) is 0 Å². The van der Waals surface area contributed by atoms with Crippen LogP contribution < -0.4 is 5.32 Å². The molecule has 2 heterocycles. The monoisotopic (exact) mass is 288 g/mol. The normalized spacial score (nSPS) is 22.3. The standard InChI is InChI=1S/C13H16N6O2/c20-10-5-9(6-10)13(11-3-1-2-4-14-11)17-12(21)7-19-16-8-15-18-19/h1-4,8-10,13,20H,5-7H2,(H,17,21). The van der Waals surface area contributed by atoms with Crippen LogP contribution in [0.15, 0.2) is 30.7 Å². The second-order valence-corrected chi connectivity index (χ2v) is 5.15. The highest BCUT2D eigenvalue weighted by Gasteiger charge is 2.36. The van der Waals surface area contributed by atoms with E-state index in [1.807, 2.05) is 18.2 Å². The summed E-state index contributed by atoms with van der Waals surface area (Å²) in [6.45, 7) is 0.0125. The van der Waals surface area contributed by atoms with Crippen LogP contribution in [-0.4, -0.2) is 42.3 Å². The summed E-state index contributed by atoms with van der Waals surface area (Å²) >= 11 is 0. The first kappa shape index (κ1) is 13.6. The molecule has 3 rings (SSSR count). The van der Waals surface area contributed by atoms with E-state index in [2.05, 4.69) is 25.7 Å². The fourth-order valence-electron chi connectivity index (χ4n) is 2.50. The molecule has 2 aromatic heterocycles. The maximum atomic E-state index is 12.1. The minimum atomic E-state index is -0.282. The Balaban J connectivity index is 1.69. The molecule has 1 aliphatic carbocycles. The highest BCUT2D eigenvalue weighted by Crippen LogP contribution is 2.37. The van der Waals surface area contributed by atoms with Crippen molar-refractivity contribution in [3.63, 3.8) is 0 Å². The Bertz CT molecular complexity index is 582. The van der Waals surface area contributed by atoms with Crippen molar-refractivity contribution < 1.29 is 9.90 Å². The summed E-state index contributed by atoms with van der Waals surface area (Å²) in [6.07, 6.45) is 4.04. The summed E-state index contributed by atoms with van der Waals surface area (Å²) in [4.78, 5) is 17.6. The molecule has 110 valence electrons. The first-order valence-electron chi connectivity index (χ1n) is 6.81. The van der Waals surface area contributed by atoms with E-state index >= 15 is 0 Å². The predicted molar refractivity (Wildman–Crippen MR) is 71.7 cm³/mol. The molecule has 2 N–H and O–H groups in total. The number of aliphatic hydroxyl groups excluding tert-OH is 1. The first-order chi connectivity index (χ1) is 10.2. The fourth-order valence-corrected chi connectivity index (χ4v) is 2.50. The van der Waals surface area contributed by atoms with Gasteiger partial charge in [0.2, 0.25) is 5.91 Å². The van der Waals surface area contributed by atoms with Gasteiger partial charge >= 0.3 is 0 Å². The van der Waals surface area contributed by atoms with E-state index in [1.165, 1.54) is 11.1 Å². The molecule has 1 aliphatic rings. The van der Waals surface area contributed by atoms with Crippen LogP contribution in [0.1, 0.15) is 24.6 Å². The maximum Gasteiger partial charge on any atom is 0.244 e. The summed E-state index contributed by atoms with van der Waals surface area (Å²) in [7, 11) is 0. The largest absolute Gasteiger partial charge is 0.393 e. The highest BCUT2D eigenvalue weighted by atomic mass is 16.3. The molecule has 0 aromatic carbocycles. The lowest BCUT2D eigenvalue weighted by molar-refractivity contribution is -0.124. The zero-order chi connectivity index (χ0) is 14.7. The van der Waals surface area contributed by atoms with Crippen LogP contribution in [0.3, 0.4) is 0 Å². The topological polar surface area (TPSA) is 106 Å². The average molecular weight is 288 g/mol. The number of tetrazole rings is 1. The van der Waals surface area contributed by atoms with Crippen molar-refractivity contribution in [3.05, 3.63) is 36.4 Å². The van der Waals surface area contributed by atoms with Crippen molar-refractivity contribution in [1.82, 2.24) is 30.5 Å². The van der Waals surface area contributed by atoms with Gasteiger partial charge in [0.1, 0.15) is 6.54 Å². The van der Waals surface area contributed by atoms with E-state index in [4.69, 9.17) is 0 Å². The van der Waals surface area contributed by atoms with Gasteiger partial charge < -0.3 is 10.4 Å². The third-order valence-corrected chi connectivity index (χ3v) is 3.62. The SMILES string of the molecule is O=C(Cn1ncnn1)NC(c1ccccn1)C1CC(O)C1. The molecule has 1 unspecified atom stereocenters. The van der Waals surface area contributed by atoms with Crippen molar-refractivity contribution in [3.8, 4) is 0 Å². The number of carbonyl (C=O) groups excluding carboxylic acids is 1. The second-order valence-electron chi connectivity index (χ2n) is 5.15. The number of nitrogens with one attached hydrogen (secondary N) is 1. The lowest BCUT2D eigenvalue weighted by Crippen LogP contribution is -2.42. The van der Waals surface area contributed by atoms with Crippen LogP contribution in [0, 0.1) is 5.92 Å². The highest BCUT2D eigenvalue weighted by molar-refractivity contribution is 5.76. The molecule has 1 saturated carbocycles. The van der Waals surface area contributed by atoms with Gasteiger partial charge in [-0.1, -0.05) is 6.07 Å². The minimum absolute atomic E-state index is 0.0125. The van der Waals surface area contributed by atoms with Gasteiger partial charge in [-0.2, -0.15) is 4.80 Å². The molecule has 8 heteroatoms. The van der Waals surface area contributed by atoms with Crippen molar-refractivity contribution in [2.45, 2.75) is 31.5 Å².